The molecule has 1 aromatic carbocycles. The highest BCUT2D eigenvalue weighted by Gasteiger charge is 2.20. The maximum absolute atomic E-state index is 14.3. The predicted molar refractivity (Wildman–Crippen MR) is 143 cm³/mol. The van der Waals surface area contributed by atoms with Gasteiger partial charge in [0, 0.05) is 53.4 Å². The molecule has 1 fully saturated rings. The van der Waals surface area contributed by atoms with E-state index in [1.54, 1.807) is 55.7 Å². The molecular weight excluding hydrogens is 527 g/mol. The van der Waals surface area contributed by atoms with Gasteiger partial charge in [0.25, 0.3) is 5.91 Å². The summed E-state index contributed by atoms with van der Waals surface area (Å²) in [4.78, 5) is 37.5. The van der Waals surface area contributed by atoms with Crippen molar-refractivity contribution in [1.29, 1.82) is 0 Å². The summed E-state index contributed by atoms with van der Waals surface area (Å²) in [5, 5.41) is 6.41. The molecule has 1 saturated heterocycles. The van der Waals surface area contributed by atoms with Crippen LogP contribution in [0.1, 0.15) is 27.6 Å². The Balaban J connectivity index is 0.00000181. The summed E-state index contributed by atoms with van der Waals surface area (Å²) < 4.78 is 36.6. The number of carbonyl (C=O) groups is 2. The monoisotopic (exact) mass is 553 g/mol. The Kier molecular flexibility index (Phi) is 9.28. The van der Waals surface area contributed by atoms with Crippen molar-refractivity contribution < 1.29 is 27.9 Å². The maximum atomic E-state index is 14.3. The highest BCUT2D eigenvalue weighted by atomic mass is 20.0. The number of hydrogen-bond donors (Lipinski definition) is 1. The number of hydrogen-bond acceptors (Lipinski definition) is 8. The number of anilines is 3. The number of piperazine rings is 1. The number of ether oxygens (including phenoxy) is 1. The number of aromatic nitrogens is 4. The fourth-order valence-corrected chi connectivity index (χ4v) is 4.17. The molecule has 4 heterocycles. The summed E-state index contributed by atoms with van der Waals surface area (Å²) >= 11 is 0. The second-order valence-electron chi connectivity index (χ2n) is 8.57. The third kappa shape index (κ3) is 6.54. The van der Waals surface area contributed by atoms with E-state index < -0.39 is 11.9 Å². The molecule has 1 aliphatic rings. The minimum absolute atomic E-state index is 0.189. The molecule has 208 valence electrons. The van der Waals surface area contributed by atoms with Gasteiger partial charge < -0.3 is 19.9 Å². The highest BCUT2D eigenvalue weighted by molar-refractivity contribution is 6.04. The van der Waals surface area contributed by atoms with Crippen molar-refractivity contribution in [2.75, 3.05) is 47.9 Å². The van der Waals surface area contributed by atoms with Crippen LogP contribution in [0.3, 0.4) is 0 Å². The van der Waals surface area contributed by atoms with Gasteiger partial charge in [-0.15, -0.1) is 5.10 Å². The number of esters is 1. The summed E-state index contributed by atoms with van der Waals surface area (Å²) in [6.45, 7) is 5.23. The summed E-state index contributed by atoms with van der Waals surface area (Å²) in [6.07, 6.45) is 4.42. The molecule has 40 heavy (non-hydrogen) atoms. The molecule has 0 bridgehead atoms. The summed E-state index contributed by atoms with van der Waals surface area (Å²) in [5.41, 5.74) is 1.84. The quantitative estimate of drug-likeness (QED) is 0.336. The van der Waals surface area contributed by atoms with E-state index in [4.69, 9.17) is 13.9 Å². The van der Waals surface area contributed by atoms with Gasteiger partial charge in [-0.1, -0.05) is 6.07 Å². The van der Waals surface area contributed by atoms with E-state index in [0.717, 1.165) is 37.7 Å². The molecular formula is C27H26F3N7O3. The molecule has 1 N–H and O–H groups in total. The van der Waals surface area contributed by atoms with E-state index in [9.17, 15) is 14.0 Å². The number of benzene rings is 1. The average molecular weight is 554 g/mol. The lowest BCUT2D eigenvalue weighted by Gasteiger charge is -2.36. The molecule has 4 aromatic rings. The normalized spacial score (nSPS) is 12.8. The van der Waals surface area contributed by atoms with Gasteiger partial charge in [0.2, 0.25) is 5.95 Å². The fraction of sp³-hybridized carbons (Fsp3) is 0.222. The molecule has 1 aliphatic heterocycles. The molecule has 10 nitrogen and oxygen atoms in total. The van der Waals surface area contributed by atoms with Crippen molar-refractivity contribution in [3.63, 3.8) is 0 Å². The van der Waals surface area contributed by atoms with Gasteiger partial charge in [-0.2, -0.15) is 4.39 Å². The topological polar surface area (TPSA) is 105 Å². The zero-order valence-electron chi connectivity index (χ0n) is 21.5. The van der Waals surface area contributed by atoms with Gasteiger partial charge in [-0.05, 0) is 55.5 Å². The maximum Gasteiger partial charge on any atom is 0.338 e. The minimum Gasteiger partial charge on any atom is -0.462 e. The van der Waals surface area contributed by atoms with Crippen molar-refractivity contribution in [3.05, 3.63) is 90.3 Å². The second-order valence-corrected chi connectivity index (χ2v) is 8.57. The standard InChI is InChI=1S/C27H26FN7O3.F2/c1-2-38-27(37)19-6-9-21(10-7-19)33-13-15-34(16-14-33)23-11-8-20(17-30-23)31-26(36)22-18-35(32-25(22)28)24-5-3-4-12-29-24;1-2/h3-12,17-18H,2,13-16H2,1H3,(H,31,36);. The fourth-order valence-electron chi connectivity index (χ4n) is 4.17. The number of rotatable bonds is 7. The number of pyridine rings is 2. The summed E-state index contributed by atoms with van der Waals surface area (Å²) in [6, 6.07) is 16.1. The molecule has 0 aliphatic carbocycles. The zero-order chi connectivity index (χ0) is 28.5. The molecule has 0 spiro atoms. The molecule has 0 radical (unpaired) electrons. The predicted octanol–water partition coefficient (Wildman–Crippen LogP) is 4.40. The van der Waals surface area contributed by atoms with Gasteiger partial charge in [0.1, 0.15) is 11.4 Å². The van der Waals surface area contributed by atoms with Crippen LogP contribution in [0.2, 0.25) is 0 Å². The number of halogens is 3. The molecule has 0 atom stereocenters. The average Bonchev–Trinajstić information content (AvgIpc) is 3.41. The van der Waals surface area contributed by atoms with Gasteiger partial charge in [0.05, 0.1) is 24.1 Å². The molecule has 0 saturated carbocycles. The summed E-state index contributed by atoms with van der Waals surface area (Å²) in [5.74, 6) is -0.632. The Labute approximate surface area is 227 Å². The lowest BCUT2D eigenvalue weighted by Crippen LogP contribution is -2.46. The Morgan fingerprint density at radius 2 is 1.65 bits per heavy atom. The Morgan fingerprint density at radius 1 is 0.925 bits per heavy atom. The van der Waals surface area contributed by atoms with Gasteiger partial charge in [-0.3, -0.25) is 4.79 Å². The first-order valence-corrected chi connectivity index (χ1v) is 12.4. The number of nitrogens with one attached hydrogen (secondary N) is 1. The lowest BCUT2D eigenvalue weighted by molar-refractivity contribution is 0.0526. The van der Waals surface area contributed by atoms with E-state index in [2.05, 4.69) is 30.2 Å². The molecule has 13 heteroatoms. The Hall–Kier alpha value is -4.94. The first-order valence-electron chi connectivity index (χ1n) is 12.4. The smallest absolute Gasteiger partial charge is 0.338 e. The molecule has 3 aromatic heterocycles. The van der Waals surface area contributed by atoms with Crippen molar-refractivity contribution in [3.8, 4) is 5.82 Å². The van der Waals surface area contributed by atoms with Gasteiger partial charge in [-0.25, -0.2) is 19.4 Å². The van der Waals surface area contributed by atoms with Crippen LogP contribution < -0.4 is 15.1 Å². The SMILES string of the molecule is CCOC(=O)c1ccc(N2CCN(c3ccc(NC(=O)c4cn(-c5ccccn5)nc4F)cn3)CC2)cc1.FF. The van der Waals surface area contributed by atoms with Crippen LogP contribution >= 0.6 is 0 Å². The van der Waals surface area contributed by atoms with Crippen molar-refractivity contribution in [2.45, 2.75) is 6.92 Å². The van der Waals surface area contributed by atoms with Crippen molar-refractivity contribution >= 4 is 29.1 Å². The number of carbonyl (C=O) groups excluding carboxylic acids is 2. The van der Waals surface area contributed by atoms with E-state index in [-0.39, 0.29) is 11.5 Å². The van der Waals surface area contributed by atoms with Crippen LogP contribution in [-0.2, 0) is 4.74 Å². The lowest BCUT2D eigenvalue weighted by atomic mass is 10.2. The van der Waals surface area contributed by atoms with E-state index in [1.807, 2.05) is 18.2 Å². The Morgan fingerprint density at radius 3 is 2.27 bits per heavy atom. The first kappa shape index (κ1) is 28.1. The second kappa shape index (κ2) is 13.2. The van der Waals surface area contributed by atoms with E-state index in [0.29, 0.717) is 23.7 Å². The van der Waals surface area contributed by atoms with Crippen LogP contribution in [0.25, 0.3) is 5.82 Å². The van der Waals surface area contributed by atoms with Crippen LogP contribution in [0.4, 0.5) is 30.7 Å². The first-order chi connectivity index (χ1) is 19.5. The van der Waals surface area contributed by atoms with Crippen LogP contribution in [0.5, 0.6) is 0 Å². The minimum atomic E-state index is -0.883. The van der Waals surface area contributed by atoms with Crippen LogP contribution in [0, 0.1) is 5.95 Å². The summed E-state index contributed by atoms with van der Waals surface area (Å²) in [7, 11) is 0. The third-order valence-corrected chi connectivity index (χ3v) is 6.15. The molecule has 5 rings (SSSR count). The van der Waals surface area contributed by atoms with Gasteiger partial charge >= 0.3 is 5.97 Å². The largest absolute Gasteiger partial charge is 0.462 e. The van der Waals surface area contributed by atoms with Crippen LogP contribution in [-0.4, -0.2) is 64.4 Å². The van der Waals surface area contributed by atoms with Crippen molar-refractivity contribution in [1.82, 2.24) is 19.7 Å². The highest BCUT2D eigenvalue weighted by Crippen LogP contribution is 2.21. The Bertz CT molecular complexity index is 1410. The number of amides is 1. The van der Waals surface area contributed by atoms with E-state index in [1.165, 1.54) is 10.9 Å². The van der Waals surface area contributed by atoms with Gasteiger partial charge in [0.15, 0.2) is 5.82 Å². The third-order valence-electron chi connectivity index (χ3n) is 6.15. The van der Waals surface area contributed by atoms with Crippen LogP contribution in [0.15, 0.2) is 73.2 Å². The zero-order valence-corrected chi connectivity index (χ0v) is 21.5. The molecule has 0 unspecified atom stereocenters. The van der Waals surface area contributed by atoms with E-state index >= 15 is 0 Å². The van der Waals surface area contributed by atoms with Crippen molar-refractivity contribution in [2.24, 2.45) is 0 Å². The number of nitrogens with zero attached hydrogens (tertiary/aromatic N) is 6. The molecule has 1 amide bonds.